The molecule has 0 radical (unpaired) electrons. The predicted octanol–water partition coefficient (Wildman–Crippen LogP) is 0.756. The topological polar surface area (TPSA) is 77.2 Å². The van der Waals surface area contributed by atoms with E-state index in [1.165, 1.54) is 10.6 Å². The van der Waals surface area contributed by atoms with E-state index in [0.29, 0.717) is 12.5 Å². The molecule has 0 amide bonds. The fourth-order valence-electron chi connectivity index (χ4n) is 2.15. The number of piperidine rings is 1. The van der Waals surface area contributed by atoms with Gasteiger partial charge in [0.25, 0.3) is 0 Å². The molecule has 1 N–H and O–H groups in total. The van der Waals surface area contributed by atoms with Gasteiger partial charge >= 0.3 is 11.2 Å². The van der Waals surface area contributed by atoms with E-state index in [9.17, 15) is 14.9 Å². The van der Waals surface area contributed by atoms with Crippen molar-refractivity contribution in [2.24, 2.45) is 5.92 Å². The lowest BCUT2D eigenvalue weighted by molar-refractivity contribution is -0.386. The van der Waals surface area contributed by atoms with E-state index in [1.54, 1.807) is 12.3 Å². The molecule has 0 aromatic carbocycles. The van der Waals surface area contributed by atoms with Crippen molar-refractivity contribution in [3.8, 4) is 0 Å². The van der Waals surface area contributed by atoms with Crippen molar-refractivity contribution < 1.29 is 4.92 Å². The third-order valence-corrected chi connectivity index (χ3v) is 3.11. The normalized spacial score (nSPS) is 16.9. The van der Waals surface area contributed by atoms with Crippen LogP contribution in [0.5, 0.6) is 0 Å². The molecule has 0 bridgehead atoms. The van der Waals surface area contributed by atoms with Gasteiger partial charge in [0.05, 0.1) is 4.92 Å². The van der Waals surface area contributed by atoms with E-state index >= 15 is 0 Å². The van der Waals surface area contributed by atoms with Gasteiger partial charge in [-0.15, -0.1) is 0 Å². The number of nitro groups is 1. The summed E-state index contributed by atoms with van der Waals surface area (Å²) < 4.78 is 1.45. The molecule has 1 aromatic heterocycles. The zero-order valence-corrected chi connectivity index (χ0v) is 9.46. The lowest BCUT2D eigenvalue weighted by Gasteiger charge is -2.22. The summed E-state index contributed by atoms with van der Waals surface area (Å²) in [5, 5.41) is 13.9. The highest BCUT2D eigenvalue weighted by atomic mass is 16.6. The first-order chi connectivity index (χ1) is 8.18. The van der Waals surface area contributed by atoms with Crippen LogP contribution in [-0.4, -0.2) is 22.6 Å². The second-order valence-corrected chi connectivity index (χ2v) is 4.30. The summed E-state index contributed by atoms with van der Waals surface area (Å²) in [7, 11) is 0. The van der Waals surface area contributed by atoms with Crippen LogP contribution in [0.15, 0.2) is 23.1 Å². The van der Waals surface area contributed by atoms with Crippen molar-refractivity contribution in [2.45, 2.75) is 19.4 Å². The van der Waals surface area contributed by atoms with E-state index in [4.69, 9.17) is 0 Å². The zero-order chi connectivity index (χ0) is 12.3. The fraction of sp³-hybridized carbons (Fsp3) is 0.545. The molecule has 0 atom stereocenters. The standard InChI is InChI=1S/C11H15N3O3/c15-11-10(14(16)17)2-1-7-13(11)8-9-3-5-12-6-4-9/h1-2,7,9,12H,3-6,8H2. The van der Waals surface area contributed by atoms with E-state index in [-0.39, 0.29) is 5.69 Å². The minimum Gasteiger partial charge on any atom is -0.317 e. The number of rotatable bonds is 3. The first-order valence-electron chi connectivity index (χ1n) is 5.73. The minimum atomic E-state index is -0.624. The quantitative estimate of drug-likeness (QED) is 0.621. The number of aromatic nitrogens is 1. The van der Waals surface area contributed by atoms with E-state index < -0.39 is 10.5 Å². The van der Waals surface area contributed by atoms with Crippen molar-refractivity contribution in [1.29, 1.82) is 0 Å². The second kappa shape index (κ2) is 5.09. The van der Waals surface area contributed by atoms with E-state index in [0.717, 1.165) is 25.9 Å². The molecule has 6 nitrogen and oxygen atoms in total. The van der Waals surface area contributed by atoms with Crippen LogP contribution in [0.1, 0.15) is 12.8 Å². The molecule has 1 aliphatic heterocycles. The van der Waals surface area contributed by atoms with Gasteiger partial charge in [-0.2, -0.15) is 0 Å². The maximum absolute atomic E-state index is 11.8. The highest BCUT2D eigenvalue weighted by molar-refractivity contribution is 5.25. The van der Waals surface area contributed by atoms with Gasteiger partial charge in [0.2, 0.25) is 0 Å². The van der Waals surface area contributed by atoms with Crippen molar-refractivity contribution in [2.75, 3.05) is 13.1 Å². The Morgan fingerprint density at radius 1 is 1.47 bits per heavy atom. The van der Waals surface area contributed by atoms with Crippen molar-refractivity contribution in [3.63, 3.8) is 0 Å². The number of hydrogen-bond donors (Lipinski definition) is 1. The highest BCUT2D eigenvalue weighted by Gasteiger charge is 2.17. The van der Waals surface area contributed by atoms with Crippen molar-refractivity contribution in [1.82, 2.24) is 9.88 Å². The van der Waals surface area contributed by atoms with Crippen LogP contribution in [0, 0.1) is 16.0 Å². The summed E-state index contributed by atoms with van der Waals surface area (Å²) in [4.78, 5) is 21.8. The number of hydrogen-bond acceptors (Lipinski definition) is 4. The Morgan fingerprint density at radius 2 is 2.18 bits per heavy atom. The summed E-state index contributed by atoms with van der Waals surface area (Å²) in [5.74, 6) is 0.427. The molecule has 0 unspecified atom stereocenters. The van der Waals surface area contributed by atoms with Crippen molar-refractivity contribution in [3.05, 3.63) is 38.8 Å². The summed E-state index contributed by atoms with van der Waals surface area (Å²) in [6.45, 7) is 2.48. The Kier molecular flexibility index (Phi) is 3.53. The summed E-state index contributed by atoms with van der Waals surface area (Å²) in [6, 6.07) is 2.81. The lowest BCUT2D eigenvalue weighted by Crippen LogP contribution is -2.32. The Labute approximate surface area is 98.4 Å². The maximum atomic E-state index is 11.8. The molecule has 1 fully saturated rings. The average molecular weight is 237 g/mol. The number of nitrogens with zero attached hydrogens (tertiary/aromatic N) is 2. The maximum Gasteiger partial charge on any atom is 0.334 e. The monoisotopic (exact) mass is 237 g/mol. The Morgan fingerprint density at radius 3 is 2.82 bits per heavy atom. The first kappa shape index (κ1) is 11.8. The number of nitrogens with one attached hydrogen (secondary N) is 1. The third-order valence-electron chi connectivity index (χ3n) is 3.11. The predicted molar refractivity (Wildman–Crippen MR) is 63.0 cm³/mol. The summed E-state index contributed by atoms with van der Waals surface area (Å²) in [6.07, 6.45) is 3.64. The van der Waals surface area contributed by atoms with Crippen LogP contribution in [0.2, 0.25) is 0 Å². The molecule has 1 aliphatic rings. The third kappa shape index (κ3) is 2.71. The van der Waals surface area contributed by atoms with Gasteiger partial charge in [-0.1, -0.05) is 0 Å². The van der Waals surface area contributed by atoms with E-state index in [2.05, 4.69) is 5.32 Å². The van der Waals surface area contributed by atoms with E-state index in [1.807, 2.05) is 0 Å². The van der Waals surface area contributed by atoms with Crippen LogP contribution in [0.25, 0.3) is 0 Å². The molecular weight excluding hydrogens is 222 g/mol. The molecule has 0 aliphatic carbocycles. The highest BCUT2D eigenvalue weighted by Crippen LogP contribution is 2.13. The summed E-state index contributed by atoms with van der Waals surface area (Å²) >= 11 is 0. The van der Waals surface area contributed by atoms with Gasteiger partial charge in [0.1, 0.15) is 0 Å². The molecular formula is C11H15N3O3. The van der Waals surface area contributed by atoms with Gasteiger partial charge in [-0.05, 0) is 37.9 Å². The smallest absolute Gasteiger partial charge is 0.317 e. The molecule has 92 valence electrons. The average Bonchev–Trinajstić information content (AvgIpc) is 2.33. The zero-order valence-electron chi connectivity index (χ0n) is 9.46. The van der Waals surface area contributed by atoms with Gasteiger partial charge in [-0.25, -0.2) is 0 Å². The number of pyridine rings is 1. The Balaban J connectivity index is 2.18. The minimum absolute atomic E-state index is 0.346. The molecule has 2 rings (SSSR count). The van der Waals surface area contributed by atoms with Gasteiger partial charge in [0, 0.05) is 18.8 Å². The van der Waals surface area contributed by atoms with Crippen LogP contribution in [0.4, 0.5) is 5.69 Å². The summed E-state index contributed by atoms with van der Waals surface area (Å²) in [5.41, 5.74) is -0.850. The van der Waals surface area contributed by atoms with Crippen LogP contribution < -0.4 is 10.9 Å². The molecule has 1 saturated heterocycles. The van der Waals surface area contributed by atoms with Gasteiger partial charge in [0.15, 0.2) is 0 Å². The van der Waals surface area contributed by atoms with Crippen LogP contribution >= 0.6 is 0 Å². The van der Waals surface area contributed by atoms with Crippen LogP contribution in [-0.2, 0) is 6.54 Å². The first-order valence-corrected chi connectivity index (χ1v) is 5.73. The molecule has 0 saturated carbocycles. The lowest BCUT2D eigenvalue weighted by atomic mass is 9.98. The molecule has 1 aromatic rings. The van der Waals surface area contributed by atoms with Gasteiger partial charge in [-0.3, -0.25) is 14.9 Å². The molecule has 0 spiro atoms. The molecule has 17 heavy (non-hydrogen) atoms. The van der Waals surface area contributed by atoms with Crippen LogP contribution in [0.3, 0.4) is 0 Å². The van der Waals surface area contributed by atoms with Gasteiger partial charge < -0.3 is 9.88 Å². The fourth-order valence-corrected chi connectivity index (χ4v) is 2.15. The van der Waals surface area contributed by atoms with Crippen molar-refractivity contribution >= 4 is 5.69 Å². The largest absolute Gasteiger partial charge is 0.334 e. The second-order valence-electron chi connectivity index (χ2n) is 4.30. The Hall–Kier alpha value is -1.69. The SMILES string of the molecule is O=c1c([N+](=O)[O-])cccn1CC1CCNCC1. The molecule has 2 heterocycles. The molecule has 6 heteroatoms. The Bertz CT molecular complexity index is 463.